The molecule has 3 aromatic carbocycles. The van der Waals surface area contributed by atoms with Crippen molar-refractivity contribution >= 4 is 27.1 Å². The van der Waals surface area contributed by atoms with Crippen LogP contribution in [0.25, 0.3) is 11.1 Å². The van der Waals surface area contributed by atoms with Gasteiger partial charge in [-0.1, -0.05) is 105 Å². The fourth-order valence-electron chi connectivity index (χ4n) is 11.4. The molecule has 4 bridgehead atoms. The van der Waals surface area contributed by atoms with E-state index >= 15 is 4.79 Å². The highest BCUT2D eigenvalue weighted by Gasteiger charge is 2.59. The third-order valence-corrected chi connectivity index (χ3v) is 18.3. The largest absolute Gasteiger partial charge is 0.393 e. The smallest absolute Gasteiger partial charge is 0.252 e. The van der Waals surface area contributed by atoms with Crippen LogP contribution in [0, 0.1) is 28.6 Å². The van der Waals surface area contributed by atoms with Gasteiger partial charge in [-0.2, -0.15) is 4.31 Å². The van der Waals surface area contributed by atoms with Gasteiger partial charge in [0.25, 0.3) is 10.0 Å². The molecule has 4 saturated carbocycles. The van der Waals surface area contributed by atoms with Crippen LogP contribution in [0.3, 0.4) is 0 Å². The zero-order valence-electron chi connectivity index (χ0n) is 34.0. The van der Waals surface area contributed by atoms with E-state index < -0.39 is 27.1 Å². The van der Waals surface area contributed by atoms with Gasteiger partial charge in [-0.25, -0.2) is 8.42 Å². The molecule has 2 N–H and O–H groups in total. The lowest BCUT2D eigenvalue weighted by Gasteiger charge is -2.60. The average molecular weight is 806 g/mol. The summed E-state index contributed by atoms with van der Waals surface area (Å²) in [4.78, 5) is 15.1. The fraction of sp³-hybridized carbons (Fsp3) is 0.490. The van der Waals surface area contributed by atoms with Crippen molar-refractivity contribution in [3.05, 3.63) is 124 Å². The number of hydrogen-bond acceptors (Lipinski definition) is 6. The van der Waals surface area contributed by atoms with Crippen molar-refractivity contribution in [1.82, 2.24) is 4.31 Å². The van der Waals surface area contributed by atoms with Crippen molar-refractivity contribution in [1.29, 1.82) is 0 Å². The molecule has 0 radical (unpaired) electrons. The number of rotatable bonds is 9. The summed E-state index contributed by atoms with van der Waals surface area (Å²) >= 11 is 1.24. The van der Waals surface area contributed by atoms with Crippen LogP contribution in [0.2, 0.25) is 0 Å². The van der Waals surface area contributed by atoms with E-state index in [1.54, 1.807) is 16.4 Å². The monoisotopic (exact) mass is 805 g/mol. The standard InChI is InChI=1S/C49H59NO5S2/c1-33-12-10-25-48(4)43(24-26-49(48,53)32-50(57(54,55)45-17-11-27-56-45)31-36-20-21-37-30-44(36)47(37,2)3)40-23-19-34(28-38(51)22-18-33)29-42(40)46(52)41-16-9-8-15-39(41)35-13-6-5-7-14-35/h5-9,11-17,19,23,27,29,36-38,43-44,51,53H,10,18,20-22,24-26,28,30-32H2,1-4H3. The van der Waals surface area contributed by atoms with E-state index in [1.807, 2.05) is 66.0 Å². The minimum absolute atomic E-state index is 0.0143. The molecule has 0 aliphatic heterocycles. The van der Waals surface area contributed by atoms with Gasteiger partial charge in [0.2, 0.25) is 0 Å². The predicted octanol–water partition coefficient (Wildman–Crippen LogP) is 10.4. The quantitative estimate of drug-likeness (QED) is 0.130. The Bertz CT molecular complexity index is 2230. The van der Waals surface area contributed by atoms with E-state index in [0.29, 0.717) is 72.2 Å². The maximum absolute atomic E-state index is 15.1. The van der Waals surface area contributed by atoms with E-state index in [1.165, 1.54) is 16.9 Å². The summed E-state index contributed by atoms with van der Waals surface area (Å²) < 4.78 is 31.3. The van der Waals surface area contributed by atoms with Crippen molar-refractivity contribution in [3.63, 3.8) is 0 Å². The summed E-state index contributed by atoms with van der Waals surface area (Å²) in [5.74, 6) is 1.10. The number of benzene rings is 3. The van der Waals surface area contributed by atoms with E-state index in [4.69, 9.17) is 0 Å². The summed E-state index contributed by atoms with van der Waals surface area (Å²) in [5, 5.41) is 26.3. The third-order valence-electron chi connectivity index (χ3n) is 15.1. The Morgan fingerprint density at radius 3 is 2.40 bits per heavy atom. The lowest BCUT2D eigenvalue weighted by atomic mass is 9.45. The number of hydrogen-bond donors (Lipinski definition) is 2. The van der Waals surface area contributed by atoms with Gasteiger partial charge in [0.15, 0.2) is 5.78 Å². The Labute approximate surface area is 344 Å². The van der Waals surface area contributed by atoms with Crippen LogP contribution in [0.5, 0.6) is 0 Å². The lowest BCUT2D eigenvalue weighted by molar-refractivity contribution is -0.114. The molecule has 302 valence electrons. The van der Waals surface area contributed by atoms with Gasteiger partial charge in [-0.3, -0.25) is 4.79 Å². The molecule has 0 spiro atoms. The highest BCUT2D eigenvalue weighted by molar-refractivity contribution is 7.91. The lowest BCUT2D eigenvalue weighted by Crippen LogP contribution is -2.58. The van der Waals surface area contributed by atoms with Crippen LogP contribution >= 0.6 is 11.3 Å². The van der Waals surface area contributed by atoms with E-state index in [2.05, 4.69) is 45.9 Å². The molecule has 1 aromatic heterocycles. The van der Waals surface area contributed by atoms with Gasteiger partial charge >= 0.3 is 0 Å². The molecule has 6 aliphatic rings. The molecule has 0 amide bonds. The zero-order valence-corrected chi connectivity index (χ0v) is 35.6. The third kappa shape index (κ3) is 7.43. The molecule has 6 nitrogen and oxygen atoms in total. The molecule has 10 rings (SSSR count). The molecule has 6 aliphatic carbocycles. The van der Waals surface area contributed by atoms with E-state index in [9.17, 15) is 18.6 Å². The molecular weight excluding hydrogens is 747 g/mol. The van der Waals surface area contributed by atoms with Crippen LogP contribution in [0.4, 0.5) is 0 Å². The van der Waals surface area contributed by atoms with Gasteiger partial charge in [0.1, 0.15) is 4.21 Å². The van der Waals surface area contributed by atoms with Crippen LogP contribution < -0.4 is 0 Å². The van der Waals surface area contributed by atoms with Gasteiger partial charge < -0.3 is 10.2 Å². The molecular formula is C49H59NO5S2. The van der Waals surface area contributed by atoms with Gasteiger partial charge in [0, 0.05) is 29.6 Å². The second-order valence-corrected chi connectivity index (χ2v) is 21.7. The Morgan fingerprint density at radius 1 is 0.895 bits per heavy atom. The van der Waals surface area contributed by atoms with Gasteiger partial charge in [0.05, 0.1) is 11.7 Å². The van der Waals surface area contributed by atoms with Crippen LogP contribution in [-0.4, -0.2) is 53.5 Å². The minimum atomic E-state index is -3.89. The summed E-state index contributed by atoms with van der Waals surface area (Å²) in [6, 6.07) is 27.3. The highest BCUT2D eigenvalue weighted by Crippen LogP contribution is 2.62. The molecule has 4 fully saturated rings. The molecule has 7 unspecified atom stereocenters. The number of aliphatic hydroxyl groups is 2. The fourth-order valence-corrected chi connectivity index (χ4v) is 14.1. The van der Waals surface area contributed by atoms with Crippen molar-refractivity contribution in [2.45, 2.75) is 114 Å². The highest BCUT2D eigenvalue weighted by atomic mass is 32.2. The van der Waals surface area contributed by atoms with Crippen LogP contribution in [0.1, 0.15) is 118 Å². The number of nitrogens with zero attached hydrogens (tertiary/aromatic N) is 1. The number of sulfonamides is 1. The first-order valence-corrected chi connectivity index (χ1v) is 23.4. The second kappa shape index (κ2) is 15.6. The van der Waals surface area contributed by atoms with Crippen molar-refractivity contribution in [2.75, 3.05) is 13.1 Å². The number of fused-ring (bicyclic) bond motifs is 10. The summed E-state index contributed by atoms with van der Waals surface area (Å²) in [5.41, 5.74) is 4.10. The second-order valence-electron chi connectivity index (χ2n) is 18.6. The topological polar surface area (TPSA) is 94.9 Å². The number of allylic oxidation sites excluding steroid dienone is 2. The van der Waals surface area contributed by atoms with Crippen molar-refractivity contribution in [3.8, 4) is 11.1 Å². The van der Waals surface area contributed by atoms with E-state index in [-0.39, 0.29) is 29.6 Å². The first-order chi connectivity index (χ1) is 27.2. The van der Waals surface area contributed by atoms with Gasteiger partial charge in [-0.05, 0) is 140 Å². The Morgan fingerprint density at radius 2 is 1.67 bits per heavy atom. The predicted molar refractivity (Wildman–Crippen MR) is 230 cm³/mol. The summed E-state index contributed by atoms with van der Waals surface area (Å²) in [6.45, 7) is 9.38. The maximum Gasteiger partial charge on any atom is 0.252 e. The van der Waals surface area contributed by atoms with Crippen molar-refractivity contribution < 1.29 is 23.4 Å². The average Bonchev–Trinajstić information content (AvgIpc) is 3.84. The normalized spacial score (nSPS) is 29.9. The summed E-state index contributed by atoms with van der Waals surface area (Å²) in [6.07, 6.45) is 9.15. The molecule has 1 heterocycles. The molecule has 57 heavy (non-hydrogen) atoms. The van der Waals surface area contributed by atoms with Crippen molar-refractivity contribution in [2.24, 2.45) is 28.6 Å². The maximum atomic E-state index is 15.1. The first-order valence-electron chi connectivity index (χ1n) is 21.1. The number of thiophene rings is 1. The Balaban J connectivity index is 1.22. The van der Waals surface area contributed by atoms with Crippen LogP contribution in [0.15, 0.2) is 106 Å². The van der Waals surface area contributed by atoms with Gasteiger partial charge in [-0.15, -0.1) is 11.3 Å². The number of carbonyl (C=O) groups is 1. The SMILES string of the molecule is CC1=CCCC2(C)C(CCC2(O)CN(CC2CCC3CC2C3(C)C)S(=O)(=O)c2cccs2)c2ccc(cc2C(=O)c2ccccc2-c2ccccc2)CC(O)CC1. The first kappa shape index (κ1) is 40.4. The minimum Gasteiger partial charge on any atom is -0.393 e. The molecule has 8 heteroatoms. The van der Waals surface area contributed by atoms with E-state index in [0.717, 1.165) is 47.9 Å². The Hall–Kier alpha value is -3.40. The molecule has 4 aromatic rings. The molecule has 0 saturated heterocycles. The molecule has 7 atom stereocenters. The summed E-state index contributed by atoms with van der Waals surface area (Å²) in [7, 11) is -3.89. The number of ketones is 1. The zero-order chi connectivity index (χ0) is 40.2. The number of carbonyl (C=O) groups excluding carboxylic acids is 1. The van der Waals surface area contributed by atoms with Crippen LogP contribution in [-0.2, 0) is 16.4 Å². The number of aliphatic hydroxyl groups excluding tert-OH is 1. The Kier molecular flexibility index (Phi) is 11.1.